The molecule has 2 rings (SSSR count). The summed E-state index contributed by atoms with van der Waals surface area (Å²) in [6, 6.07) is 13.7. The predicted molar refractivity (Wildman–Crippen MR) is 90.6 cm³/mol. The second-order valence-corrected chi connectivity index (χ2v) is 6.15. The fourth-order valence-corrected chi connectivity index (χ4v) is 2.47. The SMILES string of the molecule is CC(C)c1ccccc1Oc1ccc(Br)cc1C(N)=S. The van der Waals surface area contributed by atoms with Crippen LogP contribution in [0.2, 0.25) is 0 Å². The molecule has 2 aromatic rings. The van der Waals surface area contributed by atoms with Crippen LogP contribution in [0.15, 0.2) is 46.9 Å². The standard InChI is InChI=1S/C16H16BrNOS/c1-10(2)12-5-3-4-6-14(12)19-15-8-7-11(17)9-13(15)16(18)20/h3-10H,1-2H3,(H2,18,20). The van der Waals surface area contributed by atoms with Crippen LogP contribution in [0.25, 0.3) is 0 Å². The maximum absolute atomic E-state index is 6.03. The number of halogens is 1. The molecule has 0 fully saturated rings. The van der Waals surface area contributed by atoms with Crippen molar-refractivity contribution in [1.29, 1.82) is 0 Å². The maximum Gasteiger partial charge on any atom is 0.137 e. The molecular weight excluding hydrogens is 334 g/mol. The van der Waals surface area contributed by atoms with Crippen LogP contribution in [0.4, 0.5) is 0 Å². The lowest BCUT2D eigenvalue weighted by molar-refractivity contribution is 0.472. The largest absolute Gasteiger partial charge is 0.456 e. The highest BCUT2D eigenvalue weighted by molar-refractivity contribution is 9.10. The van der Waals surface area contributed by atoms with E-state index in [0.717, 1.165) is 21.3 Å². The number of para-hydroxylation sites is 1. The Balaban J connectivity index is 2.43. The summed E-state index contributed by atoms with van der Waals surface area (Å²) in [4.78, 5) is 0.323. The van der Waals surface area contributed by atoms with Crippen molar-refractivity contribution >= 4 is 33.1 Å². The Morgan fingerprint density at radius 1 is 1.15 bits per heavy atom. The van der Waals surface area contributed by atoms with Crippen LogP contribution < -0.4 is 10.5 Å². The van der Waals surface area contributed by atoms with E-state index in [4.69, 9.17) is 22.7 Å². The minimum atomic E-state index is 0.323. The second kappa shape index (κ2) is 6.37. The van der Waals surface area contributed by atoms with Crippen molar-refractivity contribution in [2.24, 2.45) is 5.73 Å². The predicted octanol–water partition coefficient (Wildman–Crippen LogP) is 5.00. The van der Waals surface area contributed by atoms with Gasteiger partial charge in [-0.1, -0.05) is 60.2 Å². The third-order valence-electron chi connectivity index (χ3n) is 2.97. The van der Waals surface area contributed by atoms with Crippen molar-refractivity contribution in [3.63, 3.8) is 0 Å². The Morgan fingerprint density at radius 3 is 2.50 bits per heavy atom. The van der Waals surface area contributed by atoms with E-state index in [1.807, 2.05) is 36.4 Å². The summed E-state index contributed by atoms with van der Waals surface area (Å²) in [6.07, 6.45) is 0. The summed E-state index contributed by atoms with van der Waals surface area (Å²) in [5, 5.41) is 0. The van der Waals surface area contributed by atoms with Crippen LogP contribution in [0.1, 0.15) is 30.9 Å². The second-order valence-electron chi connectivity index (χ2n) is 4.80. The summed E-state index contributed by atoms with van der Waals surface area (Å²) < 4.78 is 6.95. The van der Waals surface area contributed by atoms with Gasteiger partial charge in [-0.05, 0) is 35.7 Å². The van der Waals surface area contributed by atoms with E-state index in [1.54, 1.807) is 0 Å². The molecule has 0 amide bonds. The monoisotopic (exact) mass is 349 g/mol. The van der Waals surface area contributed by atoms with Gasteiger partial charge in [0.15, 0.2) is 0 Å². The Morgan fingerprint density at radius 2 is 1.85 bits per heavy atom. The number of hydrogen-bond donors (Lipinski definition) is 1. The summed E-state index contributed by atoms with van der Waals surface area (Å²) >= 11 is 8.50. The maximum atomic E-state index is 6.03. The smallest absolute Gasteiger partial charge is 0.137 e. The lowest BCUT2D eigenvalue weighted by Crippen LogP contribution is -2.11. The van der Waals surface area contributed by atoms with Gasteiger partial charge in [0.25, 0.3) is 0 Å². The first-order valence-corrected chi connectivity index (χ1v) is 7.55. The first kappa shape index (κ1) is 15.0. The molecule has 0 aromatic heterocycles. The normalized spacial score (nSPS) is 10.6. The molecule has 0 aliphatic carbocycles. The molecule has 104 valence electrons. The van der Waals surface area contributed by atoms with Crippen molar-refractivity contribution in [1.82, 2.24) is 0 Å². The van der Waals surface area contributed by atoms with Gasteiger partial charge in [0.1, 0.15) is 16.5 Å². The molecule has 0 aliphatic heterocycles. The molecule has 2 nitrogen and oxygen atoms in total. The van der Waals surface area contributed by atoms with Crippen LogP contribution in [0.3, 0.4) is 0 Å². The number of thiocarbonyl (C=S) groups is 1. The highest BCUT2D eigenvalue weighted by Gasteiger charge is 2.12. The average molecular weight is 350 g/mol. The van der Waals surface area contributed by atoms with Gasteiger partial charge in [-0.3, -0.25) is 0 Å². The Bertz CT molecular complexity index is 640. The first-order chi connectivity index (χ1) is 9.49. The van der Waals surface area contributed by atoms with Gasteiger partial charge in [0.2, 0.25) is 0 Å². The van der Waals surface area contributed by atoms with Crippen LogP contribution in [-0.2, 0) is 0 Å². The van der Waals surface area contributed by atoms with E-state index < -0.39 is 0 Å². The van der Waals surface area contributed by atoms with E-state index in [9.17, 15) is 0 Å². The molecule has 2 N–H and O–H groups in total. The van der Waals surface area contributed by atoms with E-state index in [2.05, 4.69) is 35.8 Å². The lowest BCUT2D eigenvalue weighted by atomic mass is 10.0. The molecule has 0 saturated carbocycles. The van der Waals surface area contributed by atoms with Crippen molar-refractivity contribution in [3.8, 4) is 11.5 Å². The number of nitrogens with two attached hydrogens (primary N) is 1. The van der Waals surface area contributed by atoms with Gasteiger partial charge in [-0.15, -0.1) is 0 Å². The lowest BCUT2D eigenvalue weighted by Gasteiger charge is -2.15. The average Bonchev–Trinajstić information content (AvgIpc) is 2.41. The molecule has 2 aromatic carbocycles. The summed E-state index contributed by atoms with van der Waals surface area (Å²) in [5.74, 6) is 1.89. The molecule has 0 radical (unpaired) electrons. The Kier molecular flexibility index (Phi) is 4.78. The van der Waals surface area contributed by atoms with Crippen molar-refractivity contribution < 1.29 is 4.74 Å². The van der Waals surface area contributed by atoms with Crippen LogP contribution in [0, 0.1) is 0 Å². The molecule has 0 aliphatic rings. The highest BCUT2D eigenvalue weighted by atomic mass is 79.9. The van der Waals surface area contributed by atoms with Crippen LogP contribution in [0.5, 0.6) is 11.5 Å². The number of rotatable bonds is 4. The minimum absolute atomic E-state index is 0.323. The number of ether oxygens (including phenoxy) is 1. The fourth-order valence-electron chi connectivity index (χ4n) is 1.95. The molecule has 0 spiro atoms. The van der Waals surface area contributed by atoms with E-state index in [0.29, 0.717) is 16.7 Å². The molecule has 0 atom stereocenters. The van der Waals surface area contributed by atoms with E-state index in [1.165, 1.54) is 0 Å². The number of benzene rings is 2. The van der Waals surface area contributed by atoms with Gasteiger partial charge < -0.3 is 10.5 Å². The fraction of sp³-hybridized carbons (Fsp3) is 0.188. The van der Waals surface area contributed by atoms with Crippen molar-refractivity contribution in [2.45, 2.75) is 19.8 Å². The van der Waals surface area contributed by atoms with Crippen LogP contribution >= 0.6 is 28.1 Å². The third kappa shape index (κ3) is 3.38. The Hall–Kier alpha value is -1.39. The quantitative estimate of drug-likeness (QED) is 0.788. The topological polar surface area (TPSA) is 35.2 Å². The van der Waals surface area contributed by atoms with Crippen LogP contribution in [-0.4, -0.2) is 4.99 Å². The zero-order chi connectivity index (χ0) is 14.7. The molecule has 20 heavy (non-hydrogen) atoms. The highest BCUT2D eigenvalue weighted by Crippen LogP contribution is 2.33. The van der Waals surface area contributed by atoms with E-state index in [-0.39, 0.29) is 0 Å². The molecule has 4 heteroatoms. The summed E-state index contributed by atoms with van der Waals surface area (Å²) in [5.41, 5.74) is 7.65. The van der Waals surface area contributed by atoms with Gasteiger partial charge >= 0.3 is 0 Å². The minimum Gasteiger partial charge on any atom is -0.456 e. The number of hydrogen-bond acceptors (Lipinski definition) is 2. The van der Waals surface area contributed by atoms with Gasteiger partial charge in [0, 0.05) is 4.47 Å². The van der Waals surface area contributed by atoms with Gasteiger partial charge in [-0.25, -0.2) is 0 Å². The molecule has 0 bridgehead atoms. The Labute approximate surface area is 133 Å². The van der Waals surface area contributed by atoms with Crippen molar-refractivity contribution in [2.75, 3.05) is 0 Å². The first-order valence-electron chi connectivity index (χ1n) is 6.35. The van der Waals surface area contributed by atoms with Crippen molar-refractivity contribution in [3.05, 3.63) is 58.1 Å². The molecule has 0 saturated heterocycles. The zero-order valence-electron chi connectivity index (χ0n) is 11.4. The van der Waals surface area contributed by atoms with Gasteiger partial charge in [-0.2, -0.15) is 0 Å². The molecular formula is C16H16BrNOS. The molecule has 0 unspecified atom stereocenters. The summed E-state index contributed by atoms with van der Waals surface area (Å²) in [7, 11) is 0. The van der Waals surface area contributed by atoms with E-state index >= 15 is 0 Å². The summed E-state index contributed by atoms with van der Waals surface area (Å²) in [6.45, 7) is 4.27. The third-order valence-corrected chi connectivity index (χ3v) is 3.68. The molecule has 0 heterocycles. The zero-order valence-corrected chi connectivity index (χ0v) is 13.8. The van der Waals surface area contributed by atoms with Gasteiger partial charge in [0.05, 0.1) is 5.56 Å².